The minimum absolute atomic E-state index is 0.200. The molecule has 0 nitrogen and oxygen atoms in total. The van der Waals surface area contributed by atoms with Crippen LogP contribution in [0.3, 0.4) is 0 Å². The first-order valence-corrected chi connectivity index (χ1v) is 12.0. The van der Waals surface area contributed by atoms with Gasteiger partial charge in [0.1, 0.15) is 0 Å². The van der Waals surface area contributed by atoms with Crippen molar-refractivity contribution in [2.45, 2.75) is 5.25 Å². The molecule has 0 spiro atoms. The second-order valence-corrected chi connectivity index (χ2v) is 9.55. The highest BCUT2D eigenvalue weighted by Gasteiger charge is 2.28. The molecule has 0 radical (unpaired) electrons. The van der Waals surface area contributed by atoms with Gasteiger partial charge in [0, 0.05) is 9.38 Å². The first-order chi connectivity index (χ1) is 15.3. The number of halogens is 1. The summed E-state index contributed by atoms with van der Waals surface area (Å²) in [7, 11) is 0. The second-order valence-electron chi connectivity index (χ2n) is 7.48. The van der Waals surface area contributed by atoms with Gasteiger partial charge in [-0.25, -0.2) is 0 Å². The summed E-state index contributed by atoms with van der Waals surface area (Å²) in [5.74, 6) is 0. The molecular formula is C29H21BrS. The smallest absolute Gasteiger partial charge is 0.0606 e. The van der Waals surface area contributed by atoms with E-state index in [0.717, 1.165) is 4.47 Å². The topological polar surface area (TPSA) is 0 Å². The first kappa shape index (κ1) is 20.1. The summed E-state index contributed by atoms with van der Waals surface area (Å²) in [5, 5.41) is 0.200. The highest BCUT2D eigenvalue weighted by atomic mass is 79.9. The molecule has 5 rings (SSSR count). The molecule has 31 heavy (non-hydrogen) atoms. The van der Waals surface area contributed by atoms with Crippen molar-refractivity contribution in [2.24, 2.45) is 0 Å². The Kier molecular flexibility index (Phi) is 5.93. The van der Waals surface area contributed by atoms with Gasteiger partial charge in [-0.15, -0.1) is 11.8 Å². The standard InChI is InChI=1S/C29H21BrS/c30-25-18-16-24(17-19-25)29-28(23-14-8-3-9-15-23)26(21-10-4-1-5-11-21)20-27(31-29)22-12-6-2-7-13-22/h1-20,29H. The summed E-state index contributed by atoms with van der Waals surface area (Å²) in [6, 6.07) is 41.0. The molecule has 2 heteroatoms. The van der Waals surface area contributed by atoms with Gasteiger partial charge in [0.25, 0.3) is 0 Å². The van der Waals surface area contributed by atoms with Crippen LogP contribution in [0.1, 0.15) is 27.5 Å². The lowest BCUT2D eigenvalue weighted by molar-refractivity contribution is 1.24. The van der Waals surface area contributed by atoms with Gasteiger partial charge in [-0.3, -0.25) is 0 Å². The van der Waals surface area contributed by atoms with E-state index in [9.17, 15) is 0 Å². The van der Waals surface area contributed by atoms with E-state index in [4.69, 9.17) is 0 Å². The van der Waals surface area contributed by atoms with Gasteiger partial charge >= 0.3 is 0 Å². The van der Waals surface area contributed by atoms with Crippen LogP contribution >= 0.6 is 27.7 Å². The Hall–Kier alpha value is -2.81. The van der Waals surface area contributed by atoms with Crippen molar-refractivity contribution in [1.82, 2.24) is 0 Å². The normalized spacial score (nSPS) is 16.2. The van der Waals surface area contributed by atoms with Gasteiger partial charge in [0.2, 0.25) is 0 Å². The molecule has 0 saturated carbocycles. The molecular weight excluding hydrogens is 460 g/mol. The number of benzene rings is 4. The number of hydrogen-bond donors (Lipinski definition) is 0. The van der Waals surface area contributed by atoms with Gasteiger partial charge in [-0.05, 0) is 51.6 Å². The zero-order chi connectivity index (χ0) is 21.0. The van der Waals surface area contributed by atoms with Crippen molar-refractivity contribution >= 4 is 43.7 Å². The maximum Gasteiger partial charge on any atom is 0.0606 e. The van der Waals surface area contributed by atoms with E-state index in [2.05, 4.69) is 137 Å². The highest BCUT2D eigenvalue weighted by Crippen LogP contribution is 2.54. The highest BCUT2D eigenvalue weighted by molar-refractivity contribution is 9.10. The largest absolute Gasteiger partial charge is 0.112 e. The van der Waals surface area contributed by atoms with Crippen LogP contribution in [0, 0.1) is 0 Å². The maximum absolute atomic E-state index is 3.60. The van der Waals surface area contributed by atoms with Crippen LogP contribution in [-0.4, -0.2) is 0 Å². The van der Waals surface area contributed by atoms with Gasteiger partial charge < -0.3 is 0 Å². The molecule has 4 aromatic rings. The molecule has 0 fully saturated rings. The predicted octanol–water partition coefficient (Wildman–Crippen LogP) is 8.89. The van der Waals surface area contributed by atoms with Crippen molar-refractivity contribution < 1.29 is 0 Å². The van der Waals surface area contributed by atoms with Crippen LogP contribution in [0.15, 0.2) is 126 Å². The predicted molar refractivity (Wildman–Crippen MR) is 139 cm³/mol. The molecule has 1 atom stereocenters. The van der Waals surface area contributed by atoms with Gasteiger partial charge in [0.05, 0.1) is 5.25 Å². The Morgan fingerprint density at radius 3 is 1.65 bits per heavy atom. The Labute approximate surface area is 196 Å². The minimum atomic E-state index is 0.200. The van der Waals surface area contributed by atoms with Gasteiger partial charge in [-0.1, -0.05) is 119 Å². The van der Waals surface area contributed by atoms with E-state index in [1.54, 1.807) is 0 Å². The lowest BCUT2D eigenvalue weighted by Gasteiger charge is -2.29. The molecule has 1 aliphatic heterocycles. The summed E-state index contributed by atoms with van der Waals surface area (Å²) in [6.45, 7) is 0. The third kappa shape index (κ3) is 4.32. The number of hydrogen-bond acceptors (Lipinski definition) is 1. The molecule has 0 saturated heterocycles. The molecule has 1 heterocycles. The fourth-order valence-corrected chi connectivity index (χ4v) is 5.63. The fraction of sp³-hybridized carbons (Fsp3) is 0.0345. The summed E-state index contributed by atoms with van der Waals surface area (Å²) >= 11 is 5.53. The molecule has 1 aliphatic rings. The van der Waals surface area contributed by atoms with Crippen LogP contribution in [-0.2, 0) is 0 Å². The summed E-state index contributed by atoms with van der Waals surface area (Å²) in [5.41, 5.74) is 7.73. The summed E-state index contributed by atoms with van der Waals surface area (Å²) in [4.78, 5) is 1.30. The molecule has 0 aromatic heterocycles. The van der Waals surface area contributed by atoms with Crippen LogP contribution in [0.2, 0.25) is 0 Å². The number of thioether (sulfide) groups is 1. The Morgan fingerprint density at radius 2 is 1.06 bits per heavy atom. The average molecular weight is 481 g/mol. The number of rotatable bonds is 4. The SMILES string of the molecule is Brc1ccc(C2SC(c3ccccc3)=CC(c3ccccc3)=C2c2ccccc2)cc1. The van der Waals surface area contributed by atoms with Crippen LogP contribution in [0.25, 0.3) is 16.1 Å². The van der Waals surface area contributed by atoms with Crippen molar-refractivity contribution in [3.63, 3.8) is 0 Å². The minimum Gasteiger partial charge on any atom is -0.112 e. The van der Waals surface area contributed by atoms with Crippen molar-refractivity contribution in [3.05, 3.63) is 148 Å². The lowest BCUT2D eigenvalue weighted by Crippen LogP contribution is -2.06. The molecule has 0 bridgehead atoms. The van der Waals surface area contributed by atoms with E-state index in [-0.39, 0.29) is 5.25 Å². The Balaban J connectivity index is 1.78. The maximum atomic E-state index is 3.60. The lowest BCUT2D eigenvalue weighted by atomic mass is 9.88. The molecule has 4 aromatic carbocycles. The average Bonchev–Trinajstić information content (AvgIpc) is 2.85. The zero-order valence-corrected chi connectivity index (χ0v) is 19.3. The third-order valence-corrected chi connectivity index (χ3v) is 7.35. The zero-order valence-electron chi connectivity index (χ0n) is 16.9. The number of allylic oxidation sites excluding steroid dienone is 2. The van der Waals surface area contributed by atoms with Crippen LogP contribution in [0.4, 0.5) is 0 Å². The Bertz CT molecular complexity index is 1220. The molecule has 150 valence electrons. The van der Waals surface area contributed by atoms with Crippen LogP contribution < -0.4 is 0 Å². The van der Waals surface area contributed by atoms with Crippen molar-refractivity contribution in [1.29, 1.82) is 0 Å². The van der Waals surface area contributed by atoms with E-state index in [1.165, 1.54) is 38.3 Å². The summed E-state index contributed by atoms with van der Waals surface area (Å²) < 4.78 is 1.10. The van der Waals surface area contributed by atoms with E-state index < -0.39 is 0 Å². The third-order valence-electron chi connectivity index (χ3n) is 5.47. The molecule has 0 amide bonds. The Morgan fingerprint density at radius 1 is 0.548 bits per heavy atom. The van der Waals surface area contributed by atoms with E-state index >= 15 is 0 Å². The van der Waals surface area contributed by atoms with E-state index in [1.807, 2.05) is 11.8 Å². The van der Waals surface area contributed by atoms with Crippen molar-refractivity contribution in [2.75, 3.05) is 0 Å². The fourth-order valence-electron chi connectivity index (χ4n) is 3.98. The summed E-state index contributed by atoms with van der Waals surface area (Å²) in [6.07, 6.45) is 2.37. The second kappa shape index (κ2) is 9.13. The quantitative estimate of drug-likeness (QED) is 0.280. The van der Waals surface area contributed by atoms with Gasteiger partial charge in [0.15, 0.2) is 0 Å². The molecule has 1 unspecified atom stereocenters. The van der Waals surface area contributed by atoms with Gasteiger partial charge in [-0.2, -0.15) is 0 Å². The monoisotopic (exact) mass is 480 g/mol. The molecule has 0 aliphatic carbocycles. The van der Waals surface area contributed by atoms with Crippen LogP contribution in [0.5, 0.6) is 0 Å². The molecule has 0 N–H and O–H groups in total. The van der Waals surface area contributed by atoms with E-state index in [0.29, 0.717) is 0 Å². The van der Waals surface area contributed by atoms with Crippen molar-refractivity contribution in [3.8, 4) is 0 Å². The first-order valence-electron chi connectivity index (χ1n) is 10.3.